The fraction of sp³-hybridized carbons (Fsp3) is 0.368. The number of amides is 1. The highest BCUT2D eigenvalue weighted by Gasteiger charge is 2.18. The first-order valence-corrected chi connectivity index (χ1v) is 9.46. The molecule has 3 aromatic rings. The first-order valence-electron chi connectivity index (χ1n) is 9.08. The number of rotatable bonds is 4. The molecule has 0 bridgehead atoms. The summed E-state index contributed by atoms with van der Waals surface area (Å²) < 4.78 is 3.34. The van der Waals surface area contributed by atoms with E-state index >= 15 is 0 Å². The van der Waals surface area contributed by atoms with Crippen LogP contribution in [0.2, 0.25) is 5.02 Å². The molecule has 1 aliphatic heterocycles. The largest absolute Gasteiger partial charge is 0.350 e. The quantitative estimate of drug-likeness (QED) is 0.747. The van der Waals surface area contributed by atoms with Crippen LogP contribution in [0.4, 0.5) is 0 Å². The minimum Gasteiger partial charge on any atom is -0.350 e. The van der Waals surface area contributed by atoms with E-state index in [1.54, 1.807) is 6.07 Å². The maximum absolute atomic E-state index is 12.7. The predicted octanol–water partition coefficient (Wildman–Crippen LogP) is 2.29. The topological polar surface area (TPSA) is 81.8 Å². The molecule has 8 heteroatoms. The molecular formula is C19H20ClN5O2. The Morgan fingerprint density at radius 2 is 2.07 bits per heavy atom. The van der Waals surface area contributed by atoms with E-state index in [9.17, 15) is 9.59 Å². The SMILES string of the molecule is O=C(Cn1cnc2c(nc3n2CCCCC3)c1=O)NCc1ccccc1Cl. The van der Waals surface area contributed by atoms with Gasteiger partial charge in [-0.2, -0.15) is 0 Å². The van der Waals surface area contributed by atoms with Crippen molar-refractivity contribution in [2.75, 3.05) is 0 Å². The third-order valence-electron chi connectivity index (χ3n) is 4.83. The number of carbonyl (C=O) groups excluding carboxylic acids is 1. The average molecular weight is 386 g/mol. The van der Waals surface area contributed by atoms with E-state index in [0.717, 1.165) is 43.6 Å². The van der Waals surface area contributed by atoms with Crippen molar-refractivity contribution in [1.82, 2.24) is 24.4 Å². The molecule has 0 atom stereocenters. The summed E-state index contributed by atoms with van der Waals surface area (Å²) in [5, 5.41) is 3.38. The zero-order valence-corrected chi connectivity index (χ0v) is 15.6. The number of aryl methyl sites for hydroxylation is 2. The van der Waals surface area contributed by atoms with Crippen molar-refractivity contribution in [3.8, 4) is 0 Å². The van der Waals surface area contributed by atoms with Crippen molar-refractivity contribution in [2.24, 2.45) is 0 Å². The van der Waals surface area contributed by atoms with Gasteiger partial charge in [-0.1, -0.05) is 36.2 Å². The first kappa shape index (κ1) is 17.7. The molecule has 1 amide bonds. The van der Waals surface area contributed by atoms with Crippen LogP contribution in [0.15, 0.2) is 35.4 Å². The Bertz CT molecular complexity index is 1060. The van der Waals surface area contributed by atoms with E-state index < -0.39 is 0 Å². The Labute approximate surface area is 161 Å². The smallest absolute Gasteiger partial charge is 0.282 e. The van der Waals surface area contributed by atoms with Crippen molar-refractivity contribution in [1.29, 1.82) is 0 Å². The summed E-state index contributed by atoms with van der Waals surface area (Å²) in [4.78, 5) is 33.9. The molecule has 0 aliphatic carbocycles. The lowest BCUT2D eigenvalue weighted by atomic mass is 10.2. The van der Waals surface area contributed by atoms with Crippen LogP contribution in [0.3, 0.4) is 0 Å². The highest BCUT2D eigenvalue weighted by Crippen LogP contribution is 2.18. The van der Waals surface area contributed by atoms with Gasteiger partial charge in [0.2, 0.25) is 5.91 Å². The molecule has 0 unspecified atom stereocenters. The number of benzene rings is 1. The number of aromatic nitrogens is 4. The van der Waals surface area contributed by atoms with Gasteiger partial charge in [-0.3, -0.25) is 14.2 Å². The normalized spacial score (nSPS) is 14.0. The van der Waals surface area contributed by atoms with Crippen LogP contribution in [0, 0.1) is 0 Å². The molecule has 27 heavy (non-hydrogen) atoms. The van der Waals surface area contributed by atoms with Crippen molar-refractivity contribution in [3.05, 3.63) is 57.4 Å². The van der Waals surface area contributed by atoms with E-state index in [0.29, 0.717) is 22.7 Å². The summed E-state index contributed by atoms with van der Waals surface area (Å²) in [7, 11) is 0. The number of carbonyl (C=O) groups is 1. The lowest BCUT2D eigenvalue weighted by molar-refractivity contribution is -0.121. The van der Waals surface area contributed by atoms with Gasteiger partial charge in [0.1, 0.15) is 18.7 Å². The van der Waals surface area contributed by atoms with E-state index in [1.165, 1.54) is 10.9 Å². The molecule has 140 valence electrons. The minimum absolute atomic E-state index is 0.103. The van der Waals surface area contributed by atoms with Gasteiger partial charge >= 0.3 is 0 Å². The number of fused-ring (bicyclic) bond motifs is 3. The second kappa shape index (κ2) is 7.52. The molecular weight excluding hydrogens is 366 g/mol. The molecule has 2 aromatic heterocycles. The molecule has 1 aromatic carbocycles. The minimum atomic E-state index is -0.284. The Hall–Kier alpha value is -2.67. The van der Waals surface area contributed by atoms with E-state index in [-0.39, 0.29) is 18.0 Å². The molecule has 0 spiro atoms. The van der Waals surface area contributed by atoms with E-state index in [2.05, 4.69) is 15.3 Å². The summed E-state index contributed by atoms with van der Waals surface area (Å²) >= 11 is 6.09. The number of nitrogens with zero attached hydrogens (tertiary/aromatic N) is 4. The first-order chi connectivity index (χ1) is 13.1. The van der Waals surface area contributed by atoms with Crippen LogP contribution >= 0.6 is 11.6 Å². The van der Waals surface area contributed by atoms with Crippen molar-refractivity contribution < 1.29 is 4.79 Å². The van der Waals surface area contributed by atoms with Crippen LogP contribution in [-0.4, -0.2) is 25.0 Å². The van der Waals surface area contributed by atoms with Crippen molar-refractivity contribution in [3.63, 3.8) is 0 Å². The van der Waals surface area contributed by atoms with Gasteiger partial charge in [-0.15, -0.1) is 0 Å². The van der Waals surface area contributed by atoms with Gasteiger partial charge in [0.05, 0.1) is 0 Å². The van der Waals surface area contributed by atoms with Crippen LogP contribution in [0.25, 0.3) is 11.2 Å². The number of hydrogen-bond acceptors (Lipinski definition) is 4. The zero-order chi connectivity index (χ0) is 18.8. The highest BCUT2D eigenvalue weighted by molar-refractivity contribution is 6.31. The van der Waals surface area contributed by atoms with Crippen molar-refractivity contribution >= 4 is 28.7 Å². The fourth-order valence-electron chi connectivity index (χ4n) is 3.39. The predicted molar refractivity (Wildman–Crippen MR) is 103 cm³/mol. The van der Waals surface area contributed by atoms with Gasteiger partial charge in [0.25, 0.3) is 5.56 Å². The molecule has 1 N–H and O–H groups in total. The molecule has 0 fully saturated rings. The molecule has 0 saturated carbocycles. The summed E-state index contributed by atoms with van der Waals surface area (Å²) in [6.45, 7) is 1.04. The molecule has 7 nitrogen and oxygen atoms in total. The van der Waals surface area contributed by atoms with Crippen LogP contribution in [0.5, 0.6) is 0 Å². The highest BCUT2D eigenvalue weighted by atomic mass is 35.5. The molecule has 0 saturated heterocycles. The van der Waals surface area contributed by atoms with Crippen LogP contribution < -0.4 is 10.9 Å². The third kappa shape index (κ3) is 3.60. The summed E-state index contributed by atoms with van der Waals surface area (Å²) in [6, 6.07) is 7.31. The van der Waals surface area contributed by atoms with Gasteiger partial charge in [0, 0.05) is 24.5 Å². The lowest BCUT2D eigenvalue weighted by Crippen LogP contribution is -2.32. The second-order valence-corrected chi connectivity index (χ2v) is 7.12. The van der Waals surface area contributed by atoms with Crippen LogP contribution in [-0.2, 0) is 30.8 Å². The monoisotopic (exact) mass is 385 g/mol. The van der Waals surface area contributed by atoms with Crippen LogP contribution in [0.1, 0.15) is 30.7 Å². The molecule has 3 heterocycles. The number of imidazole rings is 1. The Kier molecular flexibility index (Phi) is 4.94. The van der Waals surface area contributed by atoms with Crippen molar-refractivity contribution in [2.45, 2.75) is 45.3 Å². The number of hydrogen-bond donors (Lipinski definition) is 1. The number of halogens is 1. The average Bonchev–Trinajstić information content (AvgIpc) is 2.85. The second-order valence-electron chi connectivity index (χ2n) is 6.71. The Balaban J connectivity index is 1.52. The van der Waals surface area contributed by atoms with Gasteiger partial charge in [-0.25, -0.2) is 9.97 Å². The van der Waals surface area contributed by atoms with E-state index in [4.69, 9.17) is 11.6 Å². The summed E-state index contributed by atoms with van der Waals surface area (Å²) in [5.41, 5.74) is 1.50. The van der Waals surface area contributed by atoms with E-state index in [1.807, 2.05) is 22.8 Å². The third-order valence-corrected chi connectivity index (χ3v) is 5.20. The number of nitrogens with one attached hydrogen (secondary N) is 1. The van der Waals surface area contributed by atoms with Gasteiger partial charge in [0.15, 0.2) is 11.2 Å². The lowest BCUT2D eigenvalue weighted by Gasteiger charge is -2.08. The summed E-state index contributed by atoms with van der Waals surface area (Å²) in [5.74, 6) is 0.631. The zero-order valence-electron chi connectivity index (χ0n) is 14.8. The molecule has 4 rings (SSSR count). The molecule has 0 radical (unpaired) electrons. The fourth-order valence-corrected chi connectivity index (χ4v) is 3.59. The van der Waals surface area contributed by atoms with Gasteiger partial charge in [-0.05, 0) is 24.5 Å². The Morgan fingerprint density at radius 3 is 2.93 bits per heavy atom. The maximum Gasteiger partial charge on any atom is 0.282 e. The Morgan fingerprint density at radius 1 is 1.22 bits per heavy atom. The van der Waals surface area contributed by atoms with Gasteiger partial charge < -0.3 is 9.88 Å². The standard InChI is InChI=1S/C19H20ClN5O2/c20-14-7-4-3-6-13(14)10-21-16(26)11-24-12-22-18-17(19(24)27)23-15-8-2-1-5-9-25(15)18/h3-4,6-7,12H,1-2,5,8-11H2,(H,21,26). The maximum atomic E-state index is 12.7. The summed E-state index contributed by atoms with van der Waals surface area (Å²) in [6.07, 6.45) is 5.58. The molecule has 1 aliphatic rings.